The molecule has 0 spiro atoms. The number of nitrogens with zero attached hydrogens (tertiary/aromatic N) is 1. The van der Waals surface area contributed by atoms with Gasteiger partial charge in [-0.05, 0) is 31.5 Å². The van der Waals surface area contributed by atoms with Gasteiger partial charge in [0.15, 0.2) is 11.5 Å². The maximum absolute atomic E-state index is 11.8. The summed E-state index contributed by atoms with van der Waals surface area (Å²) in [4.78, 5) is 11.8. The van der Waals surface area contributed by atoms with Crippen LogP contribution in [0.4, 0.5) is 0 Å². The van der Waals surface area contributed by atoms with Crippen LogP contribution >= 0.6 is 0 Å². The summed E-state index contributed by atoms with van der Waals surface area (Å²) in [6.07, 6.45) is -0.130. The SMILES string of the molecule is CCOC(=O)c1cc(-c2ccccc2O[C@@H](C)c2ccccc2)on1. The van der Waals surface area contributed by atoms with Crippen molar-refractivity contribution >= 4 is 5.97 Å². The largest absolute Gasteiger partial charge is 0.485 e. The minimum atomic E-state index is -0.506. The number of hydrogen-bond donors (Lipinski definition) is 0. The average molecular weight is 337 g/mol. The molecule has 0 unspecified atom stereocenters. The Morgan fingerprint density at radius 3 is 2.60 bits per heavy atom. The van der Waals surface area contributed by atoms with E-state index in [0.29, 0.717) is 11.5 Å². The molecule has 0 saturated carbocycles. The molecule has 0 aliphatic carbocycles. The highest BCUT2D eigenvalue weighted by molar-refractivity contribution is 5.88. The molecule has 1 atom stereocenters. The Morgan fingerprint density at radius 1 is 1.12 bits per heavy atom. The summed E-state index contributed by atoms with van der Waals surface area (Å²) in [6.45, 7) is 4.01. The van der Waals surface area contributed by atoms with Gasteiger partial charge in [-0.1, -0.05) is 47.6 Å². The Kier molecular flexibility index (Phi) is 5.14. The van der Waals surface area contributed by atoms with Crippen molar-refractivity contribution in [1.29, 1.82) is 0 Å². The van der Waals surface area contributed by atoms with Crippen LogP contribution in [0.2, 0.25) is 0 Å². The van der Waals surface area contributed by atoms with Crippen LogP contribution in [-0.4, -0.2) is 17.7 Å². The fraction of sp³-hybridized carbons (Fsp3) is 0.200. The zero-order chi connectivity index (χ0) is 17.6. The van der Waals surface area contributed by atoms with Gasteiger partial charge in [0.25, 0.3) is 0 Å². The topological polar surface area (TPSA) is 61.6 Å². The van der Waals surface area contributed by atoms with Crippen LogP contribution in [-0.2, 0) is 4.74 Å². The van der Waals surface area contributed by atoms with Crippen LogP contribution in [0.1, 0.15) is 36.0 Å². The van der Waals surface area contributed by atoms with Crippen LogP contribution in [0, 0.1) is 0 Å². The molecule has 5 nitrogen and oxygen atoms in total. The minimum absolute atomic E-state index is 0.130. The van der Waals surface area contributed by atoms with Crippen molar-refractivity contribution in [3.8, 4) is 17.1 Å². The smallest absolute Gasteiger partial charge is 0.360 e. The van der Waals surface area contributed by atoms with Gasteiger partial charge in [-0.3, -0.25) is 0 Å². The lowest BCUT2D eigenvalue weighted by Crippen LogP contribution is -2.04. The Hall–Kier alpha value is -3.08. The number of benzene rings is 2. The van der Waals surface area contributed by atoms with E-state index in [0.717, 1.165) is 11.1 Å². The first kappa shape index (κ1) is 16.8. The van der Waals surface area contributed by atoms with E-state index in [9.17, 15) is 4.79 Å². The lowest BCUT2D eigenvalue weighted by atomic mass is 10.1. The number of aromatic nitrogens is 1. The second-order valence-corrected chi connectivity index (χ2v) is 5.46. The molecule has 5 heteroatoms. The first-order chi connectivity index (χ1) is 12.2. The van der Waals surface area contributed by atoms with E-state index in [1.54, 1.807) is 13.0 Å². The molecule has 0 aliphatic heterocycles. The van der Waals surface area contributed by atoms with Gasteiger partial charge in [0, 0.05) is 6.07 Å². The summed E-state index contributed by atoms with van der Waals surface area (Å²) in [6, 6.07) is 19.0. The van der Waals surface area contributed by atoms with Gasteiger partial charge in [0.2, 0.25) is 0 Å². The molecular formula is C20H19NO4. The highest BCUT2D eigenvalue weighted by Gasteiger charge is 2.18. The Balaban J connectivity index is 1.85. The second kappa shape index (κ2) is 7.66. The van der Waals surface area contributed by atoms with Crippen LogP contribution in [0.15, 0.2) is 65.2 Å². The van der Waals surface area contributed by atoms with Gasteiger partial charge >= 0.3 is 5.97 Å². The zero-order valence-corrected chi connectivity index (χ0v) is 14.1. The summed E-state index contributed by atoms with van der Waals surface area (Å²) < 4.78 is 16.4. The molecule has 0 aliphatic rings. The lowest BCUT2D eigenvalue weighted by Gasteiger charge is -2.16. The molecule has 0 radical (unpaired) electrons. The van der Waals surface area contributed by atoms with E-state index in [1.807, 2.05) is 61.5 Å². The second-order valence-electron chi connectivity index (χ2n) is 5.46. The van der Waals surface area contributed by atoms with E-state index in [-0.39, 0.29) is 18.4 Å². The van der Waals surface area contributed by atoms with Gasteiger partial charge in [-0.15, -0.1) is 0 Å². The standard InChI is InChI=1S/C20H19NO4/c1-3-23-20(22)17-13-19(25-21-17)16-11-7-8-12-18(16)24-14(2)15-9-5-4-6-10-15/h4-14H,3H2,1-2H3/t14-/m0/s1. The van der Waals surface area contributed by atoms with Crippen molar-refractivity contribution in [1.82, 2.24) is 5.16 Å². The molecular weight excluding hydrogens is 318 g/mol. The molecule has 0 bridgehead atoms. The van der Waals surface area contributed by atoms with Crippen molar-refractivity contribution in [3.63, 3.8) is 0 Å². The number of esters is 1. The van der Waals surface area contributed by atoms with E-state index >= 15 is 0 Å². The molecule has 2 aromatic carbocycles. The van der Waals surface area contributed by atoms with Gasteiger partial charge in [-0.2, -0.15) is 0 Å². The summed E-state index contributed by atoms with van der Waals surface area (Å²) in [7, 11) is 0. The Morgan fingerprint density at radius 2 is 1.84 bits per heavy atom. The zero-order valence-electron chi connectivity index (χ0n) is 14.1. The van der Waals surface area contributed by atoms with Crippen molar-refractivity contribution in [2.24, 2.45) is 0 Å². The predicted molar refractivity (Wildman–Crippen MR) is 93.4 cm³/mol. The first-order valence-electron chi connectivity index (χ1n) is 8.14. The summed E-state index contributed by atoms with van der Waals surface area (Å²) in [5, 5.41) is 3.78. The Bertz CT molecular complexity index is 842. The van der Waals surface area contributed by atoms with E-state index < -0.39 is 5.97 Å². The number of para-hydroxylation sites is 1. The summed E-state index contributed by atoms with van der Waals surface area (Å²) in [5.74, 6) is 0.609. The van der Waals surface area contributed by atoms with Crippen molar-refractivity contribution in [2.75, 3.05) is 6.61 Å². The summed E-state index contributed by atoms with van der Waals surface area (Å²) >= 11 is 0. The first-order valence-corrected chi connectivity index (χ1v) is 8.14. The molecule has 0 N–H and O–H groups in total. The van der Waals surface area contributed by atoms with Gasteiger partial charge < -0.3 is 14.0 Å². The molecule has 0 saturated heterocycles. The molecule has 128 valence electrons. The quantitative estimate of drug-likeness (QED) is 0.612. The van der Waals surface area contributed by atoms with Gasteiger partial charge in [0.1, 0.15) is 11.9 Å². The lowest BCUT2D eigenvalue weighted by molar-refractivity contribution is 0.0514. The van der Waals surface area contributed by atoms with Crippen molar-refractivity contribution in [2.45, 2.75) is 20.0 Å². The fourth-order valence-electron chi connectivity index (χ4n) is 2.46. The number of rotatable bonds is 6. The molecule has 25 heavy (non-hydrogen) atoms. The fourth-order valence-corrected chi connectivity index (χ4v) is 2.46. The van der Waals surface area contributed by atoms with E-state index in [1.165, 1.54) is 0 Å². The predicted octanol–water partition coefficient (Wildman–Crippen LogP) is 4.66. The van der Waals surface area contributed by atoms with Crippen molar-refractivity contribution < 1.29 is 18.8 Å². The highest BCUT2D eigenvalue weighted by Crippen LogP contribution is 2.33. The molecule has 1 aromatic heterocycles. The number of carbonyl (C=O) groups excluding carboxylic acids is 1. The molecule has 3 aromatic rings. The third kappa shape index (κ3) is 3.88. The van der Waals surface area contributed by atoms with E-state index in [4.69, 9.17) is 14.0 Å². The number of carbonyl (C=O) groups is 1. The van der Waals surface area contributed by atoms with Crippen LogP contribution in [0.3, 0.4) is 0 Å². The maximum atomic E-state index is 11.8. The van der Waals surface area contributed by atoms with Gasteiger partial charge in [-0.25, -0.2) is 4.79 Å². The van der Waals surface area contributed by atoms with Crippen LogP contribution in [0.25, 0.3) is 11.3 Å². The number of hydrogen-bond acceptors (Lipinski definition) is 5. The molecule has 3 rings (SSSR count). The van der Waals surface area contributed by atoms with Crippen LogP contribution in [0.5, 0.6) is 5.75 Å². The molecule has 0 amide bonds. The van der Waals surface area contributed by atoms with Crippen LogP contribution < -0.4 is 4.74 Å². The minimum Gasteiger partial charge on any atom is -0.485 e. The maximum Gasteiger partial charge on any atom is 0.360 e. The molecule has 0 fully saturated rings. The Labute approximate surface area is 146 Å². The highest BCUT2D eigenvalue weighted by atomic mass is 16.5. The number of ether oxygens (including phenoxy) is 2. The monoisotopic (exact) mass is 337 g/mol. The van der Waals surface area contributed by atoms with Gasteiger partial charge in [0.05, 0.1) is 12.2 Å². The third-order valence-corrected chi connectivity index (χ3v) is 3.72. The van der Waals surface area contributed by atoms with E-state index in [2.05, 4.69) is 5.16 Å². The summed E-state index contributed by atoms with van der Waals surface area (Å²) in [5.41, 5.74) is 1.94. The van der Waals surface area contributed by atoms with Crippen molar-refractivity contribution in [3.05, 3.63) is 71.9 Å². The molecule has 1 heterocycles. The normalized spacial score (nSPS) is 11.8. The average Bonchev–Trinajstić information content (AvgIpc) is 3.13. The third-order valence-electron chi connectivity index (χ3n) is 3.72.